The largest absolute Gasteiger partial charge is 0.737 e. The topological polar surface area (TPSA) is 111 Å². The van der Waals surface area contributed by atoms with Gasteiger partial charge in [0.15, 0.2) is 5.75 Å². The first-order valence-electron chi connectivity index (χ1n) is 4.21. The van der Waals surface area contributed by atoms with E-state index >= 15 is 0 Å². The lowest BCUT2D eigenvalue weighted by molar-refractivity contribution is -0.580. The number of aromatic nitrogens is 1. The summed E-state index contributed by atoms with van der Waals surface area (Å²) in [5.74, 6) is 5.12. The molecule has 0 aliphatic carbocycles. The Kier molecular flexibility index (Phi) is 2.58. The van der Waals surface area contributed by atoms with Crippen LogP contribution in [0.1, 0.15) is 0 Å². The second-order valence-corrected chi connectivity index (χ2v) is 2.89. The summed E-state index contributed by atoms with van der Waals surface area (Å²) < 4.78 is 1.05. The van der Waals surface area contributed by atoms with E-state index in [1.54, 1.807) is 18.2 Å². The van der Waals surface area contributed by atoms with E-state index in [1.165, 1.54) is 12.3 Å². The molecule has 2 N–H and O–H groups in total. The van der Waals surface area contributed by atoms with Crippen LogP contribution < -0.4 is 10.8 Å². The molecule has 0 spiro atoms. The molecular formula is C8H7N4O4-. The van der Waals surface area contributed by atoms with Crippen LogP contribution in [0.25, 0.3) is 10.9 Å². The van der Waals surface area contributed by atoms with Crippen molar-refractivity contribution >= 4 is 10.9 Å². The van der Waals surface area contributed by atoms with Gasteiger partial charge in [-0.2, -0.15) is 5.90 Å². The zero-order valence-electron chi connectivity index (χ0n) is 7.94. The molecule has 0 atom stereocenters. The van der Waals surface area contributed by atoms with Crippen molar-refractivity contribution < 1.29 is 14.8 Å². The van der Waals surface area contributed by atoms with Gasteiger partial charge >= 0.3 is 0 Å². The Morgan fingerprint density at radius 3 is 2.88 bits per heavy atom. The first-order chi connectivity index (χ1) is 7.76. The van der Waals surface area contributed by atoms with Crippen LogP contribution in [0.15, 0.2) is 35.7 Å². The van der Waals surface area contributed by atoms with Crippen molar-refractivity contribution in [2.75, 3.05) is 0 Å². The molecule has 2 aromatic rings. The lowest BCUT2D eigenvalue weighted by Crippen LogP contribution is -2.07. The first-order valence-corrected chi connectivity index (χ1v) is 4.21. The molecular weight excluding hydrogens is 216 g/mol. The van der Waals surface area contributed by atoms with Crippen LogP contribution in [0.5, 0.6) is 5.75 Å². The Hall–Kier alpha value is -2.32. The van der Waals surface area contributed by atoms with Gasteiger partial charge in [0.1, 0.15) is 5.52 Å². The third-order valence-corrected chi connectivity index (χ3v) is 2.04. The maximum absolute atomic E-state index is 11.0. The fourth-order valence-electron chi connectivity index (χ4n) is 1.40. The minimum Gasteiger partial charge on any atom is -0.737 e. The molecule has 1 heterocycles. The second kappa shape index (κ2) is 4.04. The molecule has 0 saturated heterocycles. The molecule has 0 amide bonds. The average molecular weight is 223 g/mol. The monoisotopic (exact) mass is 223 g/mol. The molecule has 0 saturated carbocycles. The third-order valence-electron chi connectivity index (χ3n) is 2.04. The minimum absolute atomic E-state index is 0.0672. The van der Waals surface area contributed by atoms with Gasteiger partial charge in [0.05, 0.1) is 6.20 Å². The maximum atomic E-state index is 11.0. The predicted molar refractivity (Wildman–Crippen MR) is 52.7 cm³/mol. The highest BCUT2D eigenvalue weighted by Crippen LogP contribution is 2.21. The Bertz CT molecular complexity index is 536. The van der Waals surface area contributed by atoms with E-state index < -0.39 is 0 Å². The van der Waals surface area contributed by atoms with Gasteiger partial charge in [-0.15, -0.1) is 0 Å². The van der Waals surface area contributed by atoms with Crippen molar-refractivity contribution in [3.63, 3.8) is 0 Å². The molecule has 1 aromatic carbocycles. The summed E-state index contributed by atoms with van der Waals surface area (Å²) in [5, 5.41) is 24.1. The van der Waals surface area contributed by atoms with Crippen molar-refractivity contribution in [3.8, 4) is 5.75 Å². The molecule has 2 rings (SSSR count). The van der Waals surface area contributed by atoms with Gasteiger partial charge in [0, 0.05) is 10.4 Å². The Morgan fingerprint density at radius 1 is 1.38 bits per heavy atom. The molecule has 84 valence electrons. The SMILES string of the molecule is NOOc1ccc2c(ccn2/[N+]([O-])=N/[O-])c1. The quantitative estimate of drug-likeness (QED) is 0.361. The van der Waals surface area contributed by atoms with Gasteiger partial charge < -0.3 is 15.3 Å². The van der Waals surface area contributed by atoms with Crippen molar-refractivity contribution in [3.05, 3.63) is 40.9 Å². The van der Waals surface area contributed by atoms with Gasteiger partial charge in [0.2, 0.25) is 0 Å². The van der Waals surface area contributed by atoms with Gasteiger partial charge in [-0.3, -0.25) is 0 Å². The maximum Gasteiger partial charge on any atom is 0.168 e. The minimum atomic E-state index is -0.0672. The van der Waals surface area contributed by atoms with E-state index in [1.807, 2.05) is 0 Å². The second-order valence-electron chi connectivity index (χ2n) is 2.89. The summed E-state index contributed by atoms with van der Waals surface area (Å²) in [6.45, 7) is 0. The van der Waals surface area contributed by atoms with E-state index in [9.17, 15) is 10.4 Å². The number of hydrogen-bond acceptors (Lipinski definition) is 6. The average Bonchev–Trinajstić information content (AvgIpc) is 2.71. The van der Waals surface area contributed by atoms with Crippen molar-refractivity contribution in [2.24, 2.45) is 11.2 Å². The molecule has 0 bridgehead atoms. The number of hydrogen-bond donors (Lipinski definition) is 1. The van der Waals surface area contributed by atoms with E-state index in [0.717, 1.165) is 4.68 Å². The molecule has 0 unspecified atom stereocenters. The lowest BCUT2D eigenvalue weighted by atomic mass is 10.2. The Balaban J connectivity index is 2.50. The van der Waals surface area contributed by atoms with E-state index in [0.29, 0.717) is 16.7 Å². The first kappa shape index (κ1) is 10.2. The Labute approximate surface area is 89.1 Å². The molecule has 0 radical (unpaired) electrons. The van der Waals surface area contributed by atoms with Gasteiger partial charge in [-0.1, -0.05) is 9.66 Å². The molecule has 16 heavy (non-hydrogen) atoms. The highest BCUT2D eigenvalue weighted by molar-refractivity contribution is 5.81. The summed E-state index contributed by atoms with van der Waals surface area (Å²) in [5.41, 5.74) is 0.513. The van der Waals surface area contributed by atoms with Gasteiger partial charge in [-0.05, 0) is 29.5 Å². The lowest BCUT2D eigenvalue weighted by Gasteiger charge is -2.03. The predicted octanol–water partition coefficient (Wildman–Crippen LogP) is 1.05. The smallest absolute Gasteiger partial charge is 0.168 e. The van der Waals surface area contributed by atoms with Crippen LogP contribution in [0.2, 0.25) is 0 Å². The standard InChI is InChI=1S/C8H8N4O4/c9-16-15-7-1-2-8-6(5-7)3-4-11(8)12(14)10-13/h1-5,13H,9H2/p-1/b12-10-. The Morgan fingerprint density at radius 2 is 2.19 bits per heavy atom. The molecule has 1 aromatic heterocycles. The number of benzene rings is 1. The van der Waals surface area contributed by atoms with Crippen LogP contribution >= 0.6 is 0 Å². The summed E-state index contributed by atoms with van der Waals surface area (Å²) in [4.78, 5) is 8.54. The van der Waals surface area contributed by atoms with Crippen molar-refractivity contribution in [2.45, 2.75) is 0 Å². The zero-order valence-corrected chi connectivity index (χ0v) is 7.94. The van der Waals surface area contributed by atoms with Crippen LogP contribution in [-0.2, 0) is 4.99 Å². The van der Waals surface area contributed by atoms with E-state index in [-0.39, 0.29) is 4.97 Å². The highest BCUT2D eigenvalue weighted by Gasteiger charge is 2.07. The molecule has 0 aliphatic rings. The van der Waals surface area contributed by atoms with Crippen molar-refractivity contribution in [1.29, 1.82) is 0 Å². The summed E-state index contributed by atoms with van der Waals surface area (Å²) in [6, 6.07) is 6.32. The number of rotatable bonds is 3. The fourth-order valence-corrected chi connectivity index (χ4v) is 1.40. The van der Waals surface area contributed by atoms with Crippen molar-refractivity contribution in [1.82, 2.24) is 4.68 Å². The van der Waals surface area contributed by atoms with Crippen LogP contribution in [0.3, 0.4) is 0 Å². The van der Waals surface area contributed by atoms with Gasteiger partial charge in [0.25, 0.3) is 0 Å². The summed E-state index contributed by atoms with van der Waals surface area (Å²) in [6.07, 6.45) is 1.41. The van der Waals surface area contributed by atoms with Crippen LogP contribution in [0.4, 0.5) is 0 Å². The highest BCUT2D eigenvalue weighted by atomic mass is 17.3. The summed E-state index contributed by atoms with van der Waals surface area (Å²) in [7, 11) is 0. The summed E-state index contributed by atoms with van der Waals surface area (Å²) >= 11 is 0. The van der Waals surface area contributed by atoms with E-state index in [2.05, 4.69) is 15.2 Å². The normalized spacial score (nSPS) is 11.9. The third kappa shape index (κ3) is 1.62. The van der Waals surface area contributed by atoms with Gasteiger partial charge in [-0.25, -0.2) is 0 Å². The molecule has 8 nitrogen and oxygen atoms in total. The zero-order chi connectivity index (χ0) is 11.5. The molecule has 0 fully saturated rings. The molecule has 8 heteroatoms. The molecule has 0 aliphatic heterocycles. The van der Waals surface area contributed by atoms with Crippen LogP contribution in [0, 0.1) is 10.4 Å². The fraction of sp³-hybridized carbons (Fsp3) is 0. The number of fused-ring (bicyclic) bond motifs is 1. The van der Waals surface area contributed by atoms with E-state index in [4.69, 9.17) is 5.90 Å². The number of nitrogens with zero attached hydrogens (tertiary/aromatic N) is 3. The number of nitrogens with two attached hydrogens (primary N) is 1. The van der Waals surface area contributed by atoms with Crippen LogP contribution in [-0.4, -0.2) is 9.65 Å².